The molecule has 6 N–H and O–H groups in total. The van der Waals surface area contributed by atoms with E-state index in [0.717, 1.165) is 0 Å². The van der Waals surface area contributed by atoms with Crippen LogP contribution in [0.5, 0.6) is 0 Å². The number of hydrogen-bond acceptors (Lipinski definition) is 5. The molecule has 142 valence electrons. The molecule has 0 aliphatic carbocycles. The summed E-state index contributed by atoms with van der Waals surface area (Å²) < 4.78 is 23.2. The van der Waals surface area contributed by atoms with Gasteiger partial charge in [-0.15, -0.1) is 12.4 Å². The van der Waals surface area contributed by atoms with Crippen molar-refractivity contribution in [3.05, 3.63) is 23.8 Å². The first kappa shape index (κ1) is 23.3. The van der Waals surface area contributed by atoms with Crippen LogP contribution in [0.3, 0.4) is 0 Å². The number of sulfonamides is 1. The van der Waals surface area contributed by atoms with Crippen molar-refractivity contribution in [2.45, 2.75) is 38.1 Å². The zero-order chi connectivity index (χ0) is 18.5. The van der Waals surface area contributed by atoms with E-state index in [2.05, 4.69) is 10.6 Å². The van der Waals surface area contributed by atoms with Crippen LogP contribution in [0.1, 0.15) is 26.3 Å². The third-order valence-corrected chi connectivity index (χ3v) is 4.48. The highest BCUT2D eigenvalue weighted by Crippen LogP contribution is 2.20. The number of hydrogen-bond donors (Lipinski definition) is 4. The molecule has 0 fully saturated rings. The molecule has 8 nitrogen and oxygen atoms in total. The van der Waals surface area contributed by atoms with Gasteiger partial charge in [0.25, 0.3) is 0 Å². The number of nitrogens with one attached hydrogen (secondary N) is 2. The van der Waals surface area contributed by atoms with Gasteiger partial charge in [-0.1, -0.05) is 26.8 Å². The Hall–Kier alpha value is -1.68. The smallest absolute Gasteiger partial charge is 0.243 e. The summed E-state index contributed by atoms with van der Waals surface area (Å²) in [6.07, 6.45) is 0.489. The van der Waals surface area contributed by atoms with Gasteiger partial charge in [0.2, 0.25) is 21.8 Å². The van der Waals surface area contributed by atoms with Crippen LogP contribution in [0.4, 0.5) is 5.69 Å². The van der Waals surface area contributed by atoms with Crippen LogP contribution in [-0.4, -0.2) is 32.8 Å². The zero-order valence-corrected chi connectivity index (χ0v) is 16.0. The molecule has 0 saturated heterocycles. The van der Waals surface area contributed by atoms with Crippen molar-refractivity contribution in [3.8, 4) is 0 Å². The minimum absolute atomic E-state index is 0. The molecule has 0 heterocycles. The van der Waals surface area contributed by atoms with Crippen molar-refractivity contribution >= 4 is 39.9 Å². The number of benzene rings is 1. The summed E-state index contributed by atoms with van der Waals surface area (Å²) >= 11 is 0. The van der Waals surface area contributed by atoms with E-state index in [4.69, 9.17) is 10.9 Å². The third-order valence-electron chi connectivity index (χ3n) is 3.48. The van der Waals surface area contributed by atoms with Crippen LogP contribution in [0, 0.1) is 5.92 Å². The summed E-state index contributed by atoms with van der Waals surface area (Å²) in [5.41, 5.74) is 6.52. The number of nitrogens with two attached hydrogens (primary N) is 2. The van der Waals surface area contributed by atoms with Crippen molar-refractivity contribution in [2.24, 2.45) is 16.8 Å². The van der Waals surface area contributed by atoms with Crippen LogP contribution >= 0.6 is 12.4 Å². The van der Waals surface area contributed by atoms with Crippen molar-refractivity contribution in [1.82, 2.24) is 5.32 Å². The molecule has 1 aromatic rings. The molecule has 0 saturated carbocycles. The van der Waals surface area contributed by atoms with Gasteiger partial charge in [-0.3, -0.25) is 9.59 Å². The van der Waals surface area contributed by atoms with Crippen LogP contribution < -0.4 is 21.5 Å². The molecular weight excluding hydrogens is 368 g/mol. The minimum Gasteiger partial charge on any atom is -0.346 e. The molecule has 2 amide bonds. The predicted molar refractivity (Wildman–Crippen MR) is 98.9 cm³/mol. The minimum atomic E-state index is -3.89. The maximum Gasteiger partial charge on any atom is 0.243 e. The number of carbonyl (C=O) groups is 2. The first-order chi connectivity index (χ1) is 11.1. The summed E-state index contributed by atoms with van der Waals surface area (Å²) in [5, 5.41) is 10.1. The fourth-order valence-corrected chi connectivity index (χ4v) is 2.85. The molecule has 0 unspecified atom stereocenters. The Morgan fingerprint density at radius 2 is 1.84 bits per heavy atom. The van der Waals surface area contributed by atoms with Gasteiger partial charge in [0.05, 0.1) is 17.5 Å². The first-order valence-corrected chi connectivity index (χ1v) is 9.09. The van der Waals surface area contributed by atoms with Gasteiger partial charge < -0.3 is 16.4 Å². The molecule has 0 aromatic heterocycles. The van der Waals surface area contributed by atoms with Gasteiger partial charge in [-0.05, 0) is 30.0 Å². The molecule has 0 spiro atoms. The summed E-state index contributed by atoms with van der Waals surface area (Å²) in [4.78, 5) is 23.5. The predicted octanol–water partition coefficient (Wildman–Crippen LogP) is 0.356. The number of carbonyl (C=O) groups excluding carboxylic acids is 2. The van der Waals surface area contributed by atoms with E-state index < -0.39 is 27.9 Å². The number of anilines is 1. The quantitative estimate of drug-likeness (QED) is 0.529. The van der Waals surface area contributed by atoms with Gasteiger partial charge in [-0.2, -0.15) is 0 Å². The Bertz CT molecular complexity index is 722. The third kappa shape index (κ3) is 6.99. The van der Waals surface area contributed by atoms with E-state index in [1.54, 1.807) is 32.9 Å². The van der Waals surface area contributed by atoms with E-state index in [-0.39, 0.29) is 35.5 Å². The standard InChI is InChI=1S/C15H24N4O4S.ClH/c1-4-10-5-6-11(7-12(10)24(17,22)23)19-13(20)8-18-15(21)14(16)9(2)3;/h5-7,9,14H,4,8,16H2,1-3H3,(H,18,21)(H,19,20)(H2,17,22,23);1H/t14-;/m0./s1. The number of halogens is 1. The summed E-state index contributed by atoms with van der Waals surface area (Å²) in [6.45, 7) is 5.14. The van der Waals surface area contributed by atoms with Crippen LogP contribution in [0.15, 0.2) is 23.1 Å². The number of rotatable bonds is 7. The van der Waals surface area contributed by atoms with E-state index in [0.29, 0.717) is 12.0 Å². The lowest BCUT2D eigenvalue weighted by molar-refractivity contribution is -0.125. The maximum absolute atomic E-state index is 11.9. The molecule has 25 heavy (non-hydrogen) atoms. The second-order valence-corrected chi connectivity index (χ2v) is 7.29. The molecule has 10 heteroatoms. The maximum atomic E-state index is 11.9. The van der Waals surface area contributed by atoms with Gasteiger partial charge in [0, 0.05) is 5.69 Å². The average molecular weight is 393 g/mol. The average Bonchev–Trinajstić information content (AvgIpc) is 2.50. The molecule has 0 bridgehead atoms. The van der Waals surface area contributed by atoms with Gasteiger partial charge in [0.1, 0.15) is 0 Å². The van der Waals surface area contributed by atoms with E-state index in [1.807, 2.05) is 0 Å². The molecule has 0 radical (unpaired) electrons. The highest BCUT2D eigenvalue weighted by molar-refractivity contribution is 7.89. The highest BCUT2D eigenvalue weighted by Gasteiger charge is 2.18. The fraction of sp³-hybridized carbons (Fsp3) is 0.467. The monoisotopic (exact) mass is 392 g/mol. The van der Waals surface area contributed by atoms with Crippen molar-refractivity contribution in [2.75, 3.05) is 11.9 Å². The SMILES string of the molecule is CCc1ccc(NC(=O)CNC(=O)[C@@H](N)C(C)C)cc1S(N)(=O)=O.Cl. The summed E-state index contributed by atoms with van der Waals surface area (Å²) in [6, 6.07) is 3.76. The van der Waals surface area contributed by atoms with Gasteiger partial charge in [0.15, 0.2) is 0 Å². The molecule has 0 aliphatic heterocycles. The van der Waals surface area contributed by atoms with Gasteiger partial charge in [-0.25, -0.2) is 13.6 Å². The van der Waals surface area contributed by atoms with Crippen LogP contribution in [-0.2, 0) is 26.0 Å². The van der Waals surface area contributed by atoms with Crippen LogP contribution in [0.25, 0.3) is 0 Å². The van der Waals surface area contributed by atoms with Gasteiger partial charge >= 0.3 is 0 Å². The second-order valence-electron chi connectivity index (χ2n) is 5.76. The Morgan fingerprint density at radius 1 is 1.24 bits per heavy atom. The fourth-order valence-electron chi connectivity index (χ4n) is 1.98. The van der Waals surface area contributed by atoms with Crippen LogP contribution in [0.2, 0.25) is 0 Å². The molecule has 0 aliphatic rings. The number of amides is 2. The van der Waals surface area contributed by atoms with E-state index in [1.165, 1.54) is 6.07 Å². The van der Waals surface area contributed by atoms with E-state index in [9.17, 15) is 18.0 Å². The lowest BCUT2D eigenvalue weighted by atomic mass is 10.1. The number of primary sulfonamides is 1. The summed E-state index contributed by atoms with van der Waals surface area (Å²) in [5.74, 6) is -0.970. The molecule has 1 aromatic carbocycles. The Balaban J connectivity index is 0.00000576. The molecular formula is C15H25ClN4O4S. The lowest BCUT2D eigenvalue weighted by Gasteiger charge is -2.15. The Kier molecular flexibility index (Phi) is 9.06. The van der Waals surface area contributed by atoms with Crippen molar-refractivity contribution in [1.29, 1.82) is 0 Å². The molecule has 1 rings (SSSR count). The normalized spacial score (nSPS) is 12.2. The summed E-state index contributed by atoms with van der Waals surface area (Å²) in [7, 11) is -3.89. The largest absolute Gasteiger partial charge is 0.346 e. The van der Waals surface area contributed by atoms with E-state index >= 15 is 0 Å². The van der Waals surface area contributed by atoms with Crippen molar-refractivity contribution in [3.63, 3.8) is 0 Å². The first-order valence-electron chi connectivity index (χ1n) is 7.55. The Morgan fingerprint density at radius 3 is 2.32 bits per heavy atom. The Labute approximate surface area is 154 Å². The second kappa shape index (κ2) is 9.71. The molecule has 1 atom stereocenters. The highest BCUT2D eigenvalue weighted by atomic mass is 35.5. The number of aryl methyl sites for hydroxylation is 1. The topological polar surface area (TPSA) is 144 Å². The van der Waals surface area contributed by atoms with Crippen molar-refractivity contribution < 1.29 is 18.0 Å². The zero-order valence-electron chi connectivity index (χ0n) is 14.4. The lowest BCUT2D eigenvalue weighted by Crippen LogP contribution is -2.46.